The lowest BCUT2D eigenvalue weighted by molar-refractivity contribution is 0.0978. The molecular formula is C11H14N2O. The number of nitrogens with zero attached hydrogens (tertiary/aromatic N) is 1. The van der Waals surface area contributed by atoms with E-state index >= 15 is 0 Å². The Kier molecular flexibility index (Phi) is 2.23. The van der Waals surface area contributed by atoms with Crippen molar-refractivity contribution in [3.8, 4) is 0 Å². The van der Waals surface area contributed by atoms with E-state index in [2.05, 4.69) is 17.2 Å². The quantitative estimate of drug-likeness (QED) is 0.736. The van der Waals surface area contributed by atoms with Crippen molar-refractivity contribution in [1.29, 1.82) is 0 Å². The van der Waals surface area contributed by atoms with Gasteiger partial charge in [-0.3, -0.25) is 9.78 Å². The van der Waals surface area contributed by atoms with Gasteiger partial charge in [-0.05, 0) is 24.5 Å². The van der Waals surface area contributed by atoms with Crippen LogP contribution in [0.1, 0.15) is 35.0 Å². The molecule has 0 saturated carbocycles. The van der Waals surface area contributed by atoms with Gasteiger partial charge >= 0.3 is 0 Å². The molecule has 0 bridgehead atoms. The summed E-state index contributed by atoms with van der Waals surface area (Å²) in [5.41, 5.74) is 3.95. The Morgan fingerprint density at radius 3 is 3.07 bits per heavy atom. The average molecular weight is 190 g/mol. The van der Waals surface area contributed by atoms with Crippen LogP contribution in [-0.4, -0.2) is 17.3 Å². The molecule has 0 aromatic carbocycles. The molecule has 74 valence electrons. The van der Waals surface area contributed by atoms with E-state index in [9.17, 15) is 4.79 Å². The van der Waals surface area contributed by atoms with Crippen LogP contribution in [0.2, 0.25) is 0 Å². The van der Waals surface area contributed by atoms with Crippen LogP contribution in [0.15, 0.2) is 6.20 Å². The summed E-state index contributed by atoms with van der Waals surface area (Å²) in [6.07, 6.45) is 3.34. The summed E-state index contributed by atoms with van der Waals surface area (Å²) < 4.78 is 0. The standard InChI is InChI=1S/C11H14N2O/c1-3-8-6-13-11-9(14)4-5-12-10(11)7(8)2/h6,12H,3-5H2,1-2H3. The number of pyridine rings is 1. The van der Waals surface area contributed by atoms with E-state index in [1.54, 1.807) is 0 Å². The molecule has 1 aromatic rings. The molecule has 1 aliphatic heterocycles. The van der Waals surface area contributed by atoms with E-state index in [4.69, 9.17) is 0 Å². The molecule has 14 heavy (non-hydrogen) atoms. The van der Waals surface area contributed by atoms with E-state index in [1.165, 1.54) is 11.1 Å². The predicted octanol–water partition coefficient (Wildman–Crippen LogP) is 1.95. The highest BCUT2D eigenvalue weighted by Crippen LogP contribution is 2.26. The number of hydrogen-bond acceptors (Lipinski definition) is 3. The monoisotopic (exact) mass is 190 g/mol. The van der Waals surface area contributed by atoms with Crippen LogP contribution in [-0.2, 0) is 6.42 Å². The number of carbonyl (C=O) groups is 1. The molecule has 0 fully saturated rings. The van der Waals surface area contributed by atoms with Gasteiger partial charge in [0.2, 0.25) is 0 Å². The molecule has 2 rings (SSSR count). The summed E-state index contributed by atoms with van der Waals surface area (Å²) in [6, 6.07) is 0. The summed E-state index contributed by atoms with van der Waals surface area (Å²) in [6.45, 7) is 4.88. The number of Topliss-reactive ketones (excluding diaryl/α,β-unsaturated/α-hetero) is 1. The van der Waals surface area contributed by atoms with E-state index in [-0.39, 0.29) is 5.78 Å². The zero-order valence-electron chi connectivity index (χ0n) is 8.55. The molecule has 3 heteroatoms. The molecule has 3 nitrogen and oxygen atoms in total. The number of fused-ring (bicyclic) bond motifs is 1. The van der Waals surface area contributed by atoms with E-state index < -0.39 is 0 Å². The topological polar surface area (TPSA) is 42.0 Å². The SMILES string of the molecule is CCc1cnc2c(c1C)NCCC2=O. The Balaban J connectivity index is 2.57. The van der Waals surface area contributed by atoms with Gasteiger partial charge in [-0.25, -0.2) is 0 Å². The van der Waals surface area contributed by atoms with E-state index in [0.29, 0.717) is 12.1 Å². The maximum absolute atomic E-state index is 11.5. The first-order valence-corrected chi connectivity index (χ1v) is 4.99. The minimum absolute atomic E-state index is 0.157. The zero-order valence-corrected chi connectivity index (χ0v) is 8.55. The zero-order chi connectivity index (χ0) is 10.1. The lowest BCUT2D eigenvalue weighted by Gasteiger charge is -2.19. The minimum atomic E-state index is 0.157. The van der Waals surface area contributed by atoms with Crippen LogP contribution in [0.3, 0.4) is 0 Å². The molecule has 2 heterocycles. The van der Waals surface area contributed by atoms with E-state index in [0.717, 1.165) is 18.7 Å². The maximum atomic E-state index is 11.5. The minimum Gasteiger partial charge on any atom is -0.383 e. The van der Waals surface area contributed by atoms with Gasteiger partial charge in [0.15, 0.2) is 5.78 Å². The van der Waals surface area contributed by atoms with Crippen LogP contribution in [0.25, 0.3) is 0 Å². The molecule has 0 atom stereocenters. The number of nitrogens with one attached hydrogen (secondary N) is 1. The lowest BCUT2D eigenvalue weighted by Crippen LogP contribution is -2.21. The fourth-order valence-corrected chi connectivity index (χ4v) is 1.85. The van der Waals surface area contributed by atoms with Crippen molar-refractivity contribution in [3.05, 3.63) is 23.0 Å². The predicted molar refractivity (Wildman–Crippen MR) is 55.8 cm³/mol. The first kappa shape index (κ1) is 9.19. The molecule has 1 N–H and O–H groups in total. The van der Waals surface area contributed by atoms with E-state index in [1.807, 2.05) is 13.1 Å². The molecule has 1 aromatic heterocycles. The number of carbonyl (C=O) groups excluding carboxylic acids is 1. The molecule has 0 saturated heterocycles. The normalized spacial score (nSPS) is 14.9. The molecular weight excluding hydrogens is 176 g/mol. The van der Waals surface area contributed by atoms with Crippen molar-refractivity contribution in [3.63, 3.8) is 0 Å². The van der Waals surface area contributed by atoms with Crippen molar-refractivity contribution < 1.29 is 4.79 Å². The average Bonchev–Trinajstić information content (AvgIpc) is 2.20. The summed E-state index contributed by atoms with van der Waals surface area (Å²) in [5.74, 6) is 0.157. The molecule has 0 aliphatic carbocycles. The van der Waals surface area contributed by atoms with Gasteiger partial charge in [0.25, 0.3) is 0 Å². The van der Waals surface area contributed by atoms with Gasteiger partial charge in [-0.2, -0.15) is 0 Å². The van der Waals surface area contributed by atoms with Crippen LogP contribution < -0.4 is 5.32 Å². The maximum Gasteiger partial charge on any atom is 0.185 e. The highest BCUT2D eigenvalue weighted by molar-refractivity contribution is 6.01. The Bertz CT molecular complexity index is 385. The van der Waals surface area contributed by atoms with Gasteiger partial charge in [-0.15, -0.1) is 0 Å². The summed E-state index contributed by atoms with van der Waals surface area (Å²) >= 11 is 0. The fourth-order valence-electron chi connectivity index (χ4n) is 1.85. The molecule has 0 radical (unpaired) electrons. The lowest BCUT2D eigenvalue weighted by atomic mass is 10.0. The number of anilines is 1. The second kappa shape index (κ2) is 3.40. The van der Waals surface area contributed by atoms with Crippen molar-refractivity contribution >= 4 is 11.5 Å². The highest BCUT2D eigenvalue weighted by atomic mass is 16.1. The van der Waals surface area contributed by atoms with Gasteiger partial charge in [0.1, 0.15) is 5.69 Å². The first-order chi connectivity index (χ1) is 6.74. The number of rotatable bonds is 1. The Labute approximate surface area is 83.5 Å². The second-order valence-corrected chi connectivity index (χ2v) is 3.59. The number of aromatic nitrogens is 1. The van der Waals surface area contributed by atoms with Crippen molar-refractivity contribution in [1.82, 2.24) is 4.98 Å². The molecule has 0 spiro atoms. The largest absolute Gasteiger partial charge is 0.383 e. The first-order valence-electron chi connectivity index (χ1n) is 4.99. The number of hydrogen-bond donors (Lipinski definition) is 1. The summed E-state index contributed by atoms with van der Waals surface area (Å²) in [5, 5.41) is 3.25. The van der Waals surface area contributed by atoms with Crippen molar-refractivity contribution in [2.24, 2.45) is 0 Å². The molecule has 0 amide bonds. The van der Waals surface area contributed by atoms with Gasteiger partial charge in [0.05, 0.1) is 5.69 Å². The van der Waals surface area contributed by atoms with Crippen molar-refractivity contribution in [2.75, 3.05) is 11.9 Å². The number of aryl methyl sites for hydroxylation is 1. The molecule has 0 unspecified atom stereocenters. The third-order valence-electron chi connectivity index (χ3n) is 2.74. The Hall–Kier alpha value is -1.38. The van der Waals surface area contributed by atoms with Gasteiger partial charge < -0.3 is 5.32 Å². The third-order valence-corrected chi connectivity index (χ3v) is 2.74. The van der Waals surface area contributed by atoms with Crippen LogP contribution in [0.5, 0.6) is 0 Å². The third kappa shape index (κ3) is 1.29. The van der Waals surface area contributed by atoms with Crippen molar-refractivity contribution in [2.45, 2.75) is 26.7 Å². The Morgan fingerprint density at radius 2 is 2.36 bits per heavy atom. The fraction of sp³-hybridized carbons (Fsp3) is 0.455. The number of ketones is 1. The summed E-state index contributed by atoms with van der Waals surface area (Å²) in [7, 11) is 0. The second-order valence-electron chi connectivity index (χ2n) is 3.59. The van der Waals surface area contributed by atoms with Gasteiger partial charge in [-0.1, -0.05) is 6.92 Å². The summed E-state index contributed by atoms with van der Waals surface area (Å²) in [4.78, 5) is 15.8. The Morgan fingerprint density at radius 1 is 1.57 bits per heavy atom. The smallest absolute Gasteiger partial charge is 0.185 e. The highest BCUT2D eigenvalue weighted by Gasteiger charge is 2.20. The molecule has 1 aliphatic rings. The van der Waals surface area contributed by atoms with Gasteiger partial charge in [0, 0.05) is 19.2 Å². The van der Waals surface area contributed by atoms with Crippen LogP contribution >= 0.6 is 0 Å². The van der Waals surface area contributed by atoms with Crippen LogP contribution in [0.4, 0.5) is 5.69 Å². The van der Waals surface area contributed by atoms with Crippen LogP contribution in [0, 0.1) is 6.92 Å².